The lowest BCUT2D eigenvalue weighted by Gasteiger charge is -2.21. The Labute approximate surface area is 111 Å². The van der Waals surface area contributed by atoms with Crippen LogP contribution in [0.25, 0.3) is 0 Å². The molecule has 0 radical (unpaired) electrons. The summed E-state index contributed by atoms with van der Waals surface area (Å²) < 4.78 is 0. The van der Waals surface area contributed by atoms with E-state index in [9.17, 15) is 0 Å². The standard InChI is InChI=1S/C14H26N4/c1-7-9-15-13-11(5)14(18(6)8-2)17-12(16-13)10(3)4/h10H,7-9H2,1-6H3,(H,15,16,17). The summed E-state index contributed by atoms with van der Waals surface area (Å²) in [5.74, 6) is 3.27. The van der Waals surface area contributed by atoms with Gasteiger partial charge in [-0.05, 0) is 20.3 Å². The Morgan fingerprint density at radius 3 is 2.39 bits per heavy atom. The highest BCUT2D eigenvalue weighted by molar-refractivity contribution is 5.58. The van der Waals surface area contributed by atoms with Crippen molar-refractivity contribution in [1.29, 1.82) is 0 Å². The van der Waals surface area contributed by atoms with Crippen molar-refractivity contribution >= 4 is 11.6 Å². The first-order valence-electron chi connectivity index (χ1n) is 6.84. The quantitative estimate of drug-likeness (QED) is 0.842. The first-order chi connectivity index (χ1) is 8.51. The predicted molar refractivity (Wildman–Crippen MR) is 78.6 cm³/mol. The van der Waals surface area contributed by atoms with Gasteiger partial charge in [-0.15, -0.1) is 0 Å². The number of nitrogens with zero attached hydrogens (tertiary/aromatic N) is 3. The topological polar surface area (TPSA) is 41.1 Å². The van der Waals surface area contributed by atoms with Crippen molar-refractivity contribution in [2.75, 3.05) is 30.4 Å². The van der Waals surface area contributed by atoms with Gasteiger partial charge >= 0.3 is 0 Å². The van der Waals surface area contributed by atoms with E-state index in [0.717, 1.165) is 42.5 Å². The maximum Gasteiger partial charge on any atom is 0.137 e. The van der Waals surface area contributed by atoms with E-state index in [0.29, 0.717) is 5.92 Å². The Morgan fingerprint density at radius 2 is 1.89 bits per heavy atom. The predicted octanol–water partition coefficient (Wildman–Crippen LogP) is 3.19. The van der Waals surface area contributed by atoms with Crippen LogP contribution in [0.3, 0.4) is 0 Å². The minimum Gasteiger partial charge on any atom is -0.370 e. The molecule has 102 valence electrons. The Kier molecular flexibility index (Phi) is 5.38. The van der Waals surface area contributed by atoms with Gasteiger partial charge < -0.3 is 10.2 Å². The molecule has 0 aliphatic rings. The fourth-order valence-corrected chi connectivity index (χ4v) is 1.72. The minimum atomic E-state index is 0.344. The molecule has 1 aromatic rings. The van der Waals surface area contributed by atoms with Crippen LogP contribution < -0.4 is 10.2 Å². The fourth-order valence-electron chi connectivity index (χ4n) is 1.72. The van der Waals surface area contributed by atoms with Gasteiger partial charge in [0, 0.05) is 31.6 Å². The molecule has 0 saturated carbocycles. The van der Waals surface area contributed by atoms with Crippen LogP contribution in [0.1, 0.15) is 51.4 Å². The number of rotatable bonds is 6. The molecule has 0 fully saturated rings. The van der Waals surface area contributed by atoms with E-state index in [2.05, 4.69) is 61.9 Å². The molecule has 0 saturated heterocycles. The molecule has 1 heterocycles. The van der Waals surface area contributed by atoms with Crippen LogP contribution in [-0.4, -0.2) is 30.1 Å². The van der Waals surface area contributed by atoms with Crippen LogP contribution in [0.4, 0.5) is 11.6 Å². The largest absolute Gasteiger partial charge is 0.370 e. The molecule has 0 aliphatic heterocycles. The highest BCUT2D eigenvalue weighted by Crippen LogP contribution is 2.25. The smallest absolute Gasteiger partial charge is 0.137 e. The third-order valence-corrected chi connectivity index (χ3v) is 3.03. The molecule has 1 N–H and O–H groups in total. The number of hydrogen-bond acceptors (Lipinski definition) is 4. The van der Waals surface area contributed by atoms with E-state index in [1.54, 1.807) is 0 Å². The first-order valence-corrected chi connectivity index (χ1v) is 6.84. The summed E-state index contributed by atoms with van der Waals surface area (Å²) in [5.41, 5.74) is 1.14. The summed E-state index contributed by atoms with van der Waals surface area (Å²) in [4.78, 5) is 11.5. The second-order valence-electron chi connectivity index (χ2n) is 4.97. The van der Waals surface area contributed by atoms with Crippen LogP contribution in [0.5, 0.6) is 0 Å². The second kappa shape index (κ2) is 6.57. The highest BCUT2D eigenvalue weighted by Gasteiger charge is 2.14. The minimum absolute atomic E-state index is 0.344. The molecule has 0 atom stereocenters. The van der Waals surface area contributed by atoms with Crippen molar-refractivity contribution in [2.45, 2.75) is 47.0 Å². The van der Waals surface area contributed by atoms with Gasteiger partial charge in [-0.2, -0.15) is 0 Å². The zero-order valence-corrected chi connectivity index (χ0v) is 12.5. The van der Waals surface area contributed by atoms with E-state index in [4.69, 9.17) is 0 Å². The van der Waals surface area contributed by atoms with Crippen molar-refractivity contribution in [3.05, 3.63) is 11.4 Å². The van der Waals surface area contributed by atoms with Gasteiger partial charge in [0.2, 0.25) is 0 Å². The van der Waals surface area contributed by atoms with Crippen LogP contribution in [0.2, 0.25) is 0 Å². The molecule has 4 heteroatoms. The van der Waals surface area contributed by atoms with Gasteiger partial charge in [0.1, 0.15) is 17.5 Å². The third kappa shape index (κ3) is 3.34. The number of aromatic nitrogens is 2. The lowest BCUT2D eigenvalue weighted by atomic mass is 10.2. The van der Waals surface area contributed by atoms with Crippen molar-refractivity contribution in [3.63, 3.8) is 0 Å². The molecule has 18 heavy (non-hydrogen) atoms. The maximum absolute atomic E-state index is 4.69. The van der Waals surface area contributed by atoms with Crippen LogP contribution in [0.15, 0.2) is 0 Å². The first kappa shape index (κ1) is 14.7. The van der Waals surface area contributed by atoms with Crippen molar-refractivity contribution in [1.82, 2.24) is 9.97 Å². The van der Waals surface area contributed by atoms with Gasteiger partial charge in [-0.1, -0.05) is 20.8 Å². The fraction of sp³-hybridized carbons (Fsp3) is 0.714. The van der Waals surface area contributed by atoms with E-state index in [1.807, 2.05) is 0 Å². The summed E-state index contributed by atoms with van der Waals surface area (Å²) in [6.07, 6.45) is 1.10. The normalized spacial score (nSPS) is 10.8. The molecule has 0 spiro atoms. The van der Waals surface area contributed by atoms with Gasteiger partial charge in [0.15, 0.2) is 0 Å². The van der Waals surface area contributed by atoms with Crippen molar-refractivity contribution < 1.29 is 0 Å². The summed E-state index contributed by atoms with van der Waals surface area (Å²) in [6.45, 7) is 12.5. The zero-order valence-electron chi connectivity index (χ0n) is 12.5. The Balaban J connectivity index is 3.19. The average molecular weight is 250 g/mol. The van der Waals surface area contributed by atoms with E-state index >= 15 is 0 Å². The van der Waals surface area contributed by atoms with E-state index < -0.39 is 0 Å². The number of anilines is 2. The van der Waals surface area contributed by atoms with E-state index in [-0.39, 0.29) is 0 Å². The molecule has 0 amide bonds. The van der Waals surface area contributed by atoms with Gasteiger partial charge in [-0.25, -0.2) is 9.97 Å². The van der Waals surface area contributed by atoms with Gasteiger partial charge in [-0.3, -0.25) is 0 Å². The number of nitrogens with one attached hydrogen (secondary N) is 1. The van der Waals surface area contributed by atoms with Crippen molar-refractivity contribution in [3.8, 4) is 0 Å². The maximum atomic E-state index is 4.69. The summed E-state index contributed by atoms with van der Waals surface area (Å²) in [6, 6.07) is 0. The summed E-state index contributed by atoms with van der Waals surface area (Å²) in [7, 11) is 2.07. The summed E-state index contributed by atoms with van der Waals surface area (Å²) in [5, 5.41) is 3.40. The van der Waals surface area contributed by atoms with Crippen molar-refractivity contribution in [2.24, 2.45) is 0 Å². The van der Waals surface area contributed by atoms with Gasteiger partial charge in [0.25, 0.3) is 0 Å². The van der Waals surface area contributed by atoms with Gasteiger partial charge in [0.05, 0.1) is 0 Å². The van der Waals surface area contributed by atoms with E-state index in [1.165, 1.54) is 0 Å². The molecule has 0 aromatic carbocycles. The Hall–Kier alpha value is -1.32. The monoisotopic (exact) mass is 250 g/mol. The highest BCUT2D eigenvalue weighted by atomic mass is 15.2. The molecule has 4 nitrogen and oxygen atoms in total. The van der Waals surface area contributed by atoms with Crippen LogP contribution in [-0.2, 0) is 0 Å². The molecular weight excluding hydrogens is 224 g/mol. The zero-order chi connectivity index (χ0) is 13.7. The molecule has 1 rings (SSSR count). The molecule has 0 bridgehead atoms. The van der Waals surface area contributed by atoms with Crippen LogP contribution >= 0.6 is 0 Å². The summed E-state index contributed by atoms with van der Waals surface area (Å²) >= 11 is 0. The molecule has 0 aliphatic carbocycles. The lowest BCUT2D eigenvalue weighted by molar-refractivity contribution is 0.761. The third-order valence-electron chi connectivity index (χ3n) is 3.03. The Bertz CT molecular complexity index is 388. The van der Waals surface area contributed by atoms with Crippen LogP contribution in [0, 0.1) is 6.92 Å². The molecule has 0 unspecified atom stereocenters. The second-order valence-corrected chi connectivity index (χ2v) is 4.97. The Morgan fingerprint density at radius 1 is 1.22 bits per heavy atom. The lowest BCUT2D eigenvalue weighted by Crippen LogP contribution is -2.21. The molecule has 1 aromatic heterocycles. The average Bonchev–Trinajstić information content (AvgIpc) is 2.36. The molecular formula is C14H26N4. The number of hydrogen-bond donors (Lipinski definition) is 1. The SMILES string of the molecule is CCCNc1nc(C(C)C)nc(N(C)CC)c1C.